The smallest absolute Gasteiger partial charge is 0.246 e. The molecule has 0 bridgehead atoms. The molecule has 2 heterocycles. The molecule has 0 saturated carbocycles. The highest BCUT2D eigenvalue weighted by Crippen LogP contribution is 2.26. The standard InChI is InChI=1S/C60H110N12O11/c1-17-18-19-20-21-22-24-47(72(39-73)49-25-23-29-71(49)50(75)27-30-70-31-33-83-34-32-70)54(79)64-46(37-42(6)7)53(78)66-59(11,12)56(81)65-44(35-40(2)3)51(76)63-45(36-41(4)5)52(77)67-60(13,14)57(82)68-58(9,10)55(80)61-28-26-48(74)62-43(8)38-69(15)16/h39-47,49H,17-38H2,1-16H3,(H,61,80)(H,62,74)(H,63,76)(H,64,79)(H,65,81)(H,66,78)(H,67,77)(H,68,82)/t43-,44-,45-,46-,47-,49+/m0/s1. The van der Waals surface area contributed by atoms with Gasteiger partial charge < -0.3 is 62.0 Å². The van der Waals surface area contributed by atoms with Crippen molar-refractivity contribution in [2.45, 2.75) is 240 Å². The molecule has 2 aliphatic rings. The minimum Gasteiger partial charge on any atom is -0.379 e. The van der Waals surface area contributed by atoms with E-state index in [0.29, 0.717) is 64.9 Å². The molecule has 23 heteroatoms. The molecule has 0 aromatic rings. The molecule has 0 aromatic carbocycles. The number of hydrogen-bond acceptors (Lipinski definition) is 13. The van der Waals surface area contributed by atoms with Crippen LogP contribution in [-0.2, 0) is 52.7 Å². The summed E-state index contributed by atoms with van der Waals surface area (Å²) in [5, 5.41) is 22.4. The second-order valence-corrected chi connectivity index (χ2v) is 26.1. The molecule has 2 rings (SSSR count). The van der Waals surface area contributed by atoms with Gasteiger partial charge in [-0.2, -0.15) is 0 Å². The van der Waals surface area contributed by atoms with E-state index in [1.165, 1.54) is 46.4 Å². The van der Waals surface area contributed by atoms with Crippen molar-refractivity contribution in [1.82, 2.24) is 62.1 Å². The fourth-order valence-electron chi connectivity index (χ4n) is 10.3. The van der Waals surface area contributed by atoms with E-state index in [1.54, 1.807) is 4.90 Å². The molecular weight excluding hydrogens is 1060 g/mol. The Balaban J connectivity index is 2.27. The van der Waals surface area contributed by atoms with E-state index in [1.807, 2.05) is 67.5 Å². The number of nitrogens with one attached hydrogen (secondary N) is 8. The van der Waals surface area contributed by atoms with Crippen molar-refractivity contribution in [3.63, 3.8) is 0 Å². The van der Waals surface area contributed by atoms with Gasteiger partial charge in [0.1, 0.15) is 46.9 Å². The lowest BCUT2D eigenvalue weighted by Crippen LogP contribution is -2.65. The lowest BCUT2D eigenvalue weighted by molar-refractivity contribution is -0.146. The molecule has 0 aromatic heterocycles. The number of morpholine rings is 1. The summed E-state index contributed by atoms with van der Waals surface area (Å²) in [4.78, 5) is 145. The zero-order chi connectivity index (χ0) is 62.8. The number of likely N-dealkylation sites (tertiary alicyclic amines) is 1. The van der Waals surface area contributed by atoms with E-state index in [-0.39, 0.29) is 74.3 Å². The molecular formula is C60H110N12O11. The molecule has 2 fully saturated rings. The Bertz CT molecular complexity index is 2110. The number of hydrogen-bond donors (Lipinski definition) is 8. The van der Waals surface area contributed by atoms with Crippen LogP contribution in [0.25, 0.3) is 0 Å². The van der Waals surface area contributed by atoms with Gasteiger partial charge in [0.05, 0.1) is 13.2 Å². The van der Waals surface area contributed by atoms with Crippen LogP contribution in [0, 0.1) is 17.8 Å². The number of rotatable bonds is 38. The highest BCUT2D eigenvalue weighted by molar-refractivity contribution is 5.99. The quantitative estimate of drug-likeness (QED) is 0.0326. The van der Waals surface area contributed by atoms with Gasteiger partial charge in [-0.3, -0.25) is 52.8 Å². The van der Waals surface area contributed by atoms with Gasteiger partial charge in [0.25, 0.3) is 0 Å². The molecule has 2 aliphatic heterocycles. The van der Waals surface area contributed by atoms with Gasteiger partial charge >= 0.3 is 0 Å². The van der Waals surface area contributed by atoms with E-state index in [2.05, 4.69) is 54.4 Å². The average molecular weight is 1180 g/mol. The van der Waals surface area contributed by atoms with E-state index >= 15 is 0 Å². The van der Waals surface area contributed by atoms with Crippen molar-refractivity contribution >= 4 is 59.6 Å². The molecule has 23 nitrogen and oxygen atoms in total. The van der Waals surface area contributed by atoms with Gasteiger partial charge in [-0.1, -0.05) is 87.0 Å². The van der Waals surface area contributed by atoms with Crippen LogP contribution in [0.2, 0.25) is 0 Å². The van der Waals surface area contributed by atoms with Crippen molar-refractivity contribution in [1.29, 1.82) is 0 Å². The maximum absolute atomic E-state index is 14.7. The predicted molar refractivity (Wildman–Crippen MR) is 321 cm³/mol. The summed E-state index contributed by atoms with van der Waals surface area (Å²) in [6.45, 7) is 28.6. The molecule has 2 saturated heterocycles. The second kappa shape index (κ2) is 35.8. The molecule has 0 spiro atoms. The van der Waals surface area contributed by atoms with Crippen LogP contribution < -0.4 is 42.5 Å². The molecule has 0 aliphatic carbocycles. The Hall–Kier alpha value is -5.42. The monoisotopic (exact) mass is 1170 g/mol. The van der Waals surface area contributed by atoms with Gasteiger partial charge in [-0.15, -0.1) is 0 Å². The first kappa shape index (κ1) is 73.7. The number of ether oxygens (including phenoxy) is 1. The van der Waals surface area contributed by atoms with Crippen LogP contribution >= 0.6 is 0 Å². The van der Waals surface area contributed by atoms with Crippen molar-refractivity contribution in [2.24, 2.45) is 17.8 Å². The van der Waals surface area contributed by atoms with Crippen LogP contribution in [0.15, 0.2) is 0 Å². The molecule has 83 heavy (non-hydrogen) atoms. The first-order valence-corrected chi connectivity index (χ1v) is 30.7. The van der Waals surface area contributed by atoms with Crippen LogP contribution in [0.4, 0.5) is 0 Å². The normalized spacial score (nSPS) is 17.0. The van der Waals surface area contributed by atoms with Crippen LogP contribution in [-0.4, -0.2) is 199 Å². The number of carbonyl (C=O) groups is 10. The number of carbonyl (C=O) groups excluding carboxylic acids is 10. The van der Waals surface area contributed by atoms with Crippen molar-refractivity contribution < 1.29 is 52.7 Å². The first-order valence-electron chi connectivity index (χ1n) is 30.7. The van der Waals surface area contributed by atoms with Crippen molar-refractivity contribution in [2.75, 3.05) is 66.6 Å². The molecule has 8 N–H and O–H groups in total. The lowest BCUT2D eigenvalue weighted by Gasteiger charge is -2.38. The number of nitrogens with zero attached hydrogens (tertiary/aromatic N) is 4. The third-order valence-electron chi connectivity index (χ3n) is 14.9. The third-order valence-corrected chi connectivity index (χ3v) is 14.9. The van der Waals surface area contributed by atoms with Gasteiger partial charge in [0.15, 0.2) is 0 Å². The SMILES string of the molecule is CCCCCCCC[C@@H](C(=O)N[C@@H](CC(C)C)C(=O)NC(C)(C)C(=O)N[C@@H](CC(C)C)C(=O)N[C@@H](CC(C)C)C(=O)NC(C)(C)C(=O)NC(C)(C)C(=O)NCCC(=O)N[C@@H](C)CN(C)C)N(C=O)[C@@H]1CCCN1C(=O)CCN1CCOCC1. The van der Waals surface area contributed by atoms with E-state index < -0.39 is 88.3 Å². The summed E-state index contributed by atoms with van der Waals surface area (Å²) in [5.74, 6) is -5.12. The Morgan fingerprint density at radius 2 is 1.11 bits per heavy atom. The number of unbranched alkanes of at least 4 members (excludes halogenated alkanes) is 5. The first-order chi connectivity index (χ1) is 38.7. The summed E-state index contributed by atoms with van der Waals surface area (Å²) < 4.78 is 5.47. The minimum atomic E-state index is -1.64. The van der Waals surface area contributed by atoms with Crippen molar-refractivity contribution in [3.05, 3.63) is 0 Å². The Labute approximate surface area is 496 Å². The largest absolute Gasteiger partial charge is 0.379 e. The molecule has 476 valence electrons. The fraction of sp³-hybridized carbons (Fsp3) is 0.833. The van der Waals surface area contributed by atoms with Gasteiger partial charge in [-0.05, 0) is 119 Å². The summed E-state index contributed by atoms with van der Waals surface area (Å²) in [6, 6.07) is -4.54. The average Bonchev–Trinajstić information content (AvgIpc) is 3.87. The van der Waals surface area contributed by atoms with E-state index in [0.717, 1.165) is 45.2 Å². The van der Waals surface area contributed by atoms with Crippen LogP contribution in [0.3, 0.4) is 0 Å². The highest BCUT2D eigenvalue weighted by atomic mass is 16.5. The molecule has 0 radical (unpaired) electrons. The van der Waals surface area contributed by atoms with Gasteiger partial charge in [-0.25, -0.2) is 0 Å². The zero-order valence-corrected chi connectivity index (χ0v) is 53.6. The number of amides is 10. The molecule has 0 unspecified atom stereocenters. The summed E-state index contributed by atoms with van der Waals surface area (Å²) >= 11 is 0. The highest BCUT2D eigenvalue weighted by Gasteiger charge is 2.42. The van der Waals surface area contributed by atoms with Gasteiger partial charge in [0.2, 0.25) is 59.6 Å². The van der Waals surface area contributed by atoms with Gasteiger partial charge in [0, 0.05) is 58.2 Å². The van der Waals surface area contributed by atoms with Crippen LogP contribution in [0.5, 0.6) is 0 Å². The molecule has 6 atom stereocenters. The topological polar surface area (TPSA) is 289 Å². The summed E-state index contributed by atoms with van der Waals surface area (Å²) in [7, 11) is 3.80. The lowest BCUT2D eigenvalue weighted by atomic mass is 9.96. The summed E-state index contributed by atoms with van der Waals surface area (Å²) in [5.41, 5.74) is -4.67. The van der Waals surface area contributed by atoms with E-state index in [4.69, 9.17) is 4.74 Å². The van der Waals surface area contributed by atoms with Crippen LogP contribution in [0.1, 0.15) is 187 Å². The minimum absolute atomic E-state index is 0.0293. The molecule has 10 amide bonds. The van der Waals surface area contributed by atoms with E-state index in [9.17, 15) is 47.9 Å². The Morgan fingerprint density at radius 1 is 0.602 bits per heavy atom. The fourth-order valence-corrected chi connectivity index (χ4v) is 10.3. The zero-order valence-electron chi connectivity index (χ0n) is 53.6. The van der Waals surface area contributed by atoms with Crippen molar-refractivity contribution in [3.8, 4) is 0 Å². The summed E-state index contributed by atoms with van der Waals surface area (Å²) in [6.07, 6.45) is 7.96. The number of likely N-dealkylation sites (N-methyl/N-ethyl adjacent to an activating group) is 1. The Morgan fingerprint density at radius 3 is 1.64 bits per heavy atom. The maximum atomic E-state index is 14.7. The second-order valence-electron chi connectivity index (χ2n) is 26.1. The maximum Gasteiger partial charge on any atom is 0.246 e. The Kier molecular flexibility index (Phi) is 31.8. The predicted octanol–water partition coefficient (Wildman–Crippen LogP) is 3.08. The third kappa shape index (κ3) is 26.6.